The van der Waals surface area contributed by atoms with E-state index in [2.05, 4.69) is 20.7 Å². The fraction of sp³-hybridized carbons (Fsp3) is 1.00. The van der Waals surface area contributed by atoms with E-state index in [1.165, 1.54) is 0 Å². The van der Waals surface area contributed by atoms with E-state index in [-0.39, 0.29) is 11.3 Å². The Morgan fingerprint density at radius 1 is 1.70 bits per heavy atom. The zero-order valence-corrected chi connectivity index (χ0v) is 7.94. The van der Waals surface area contributed by atoms with Gasteiger partial charge in [0.1, 0.15) is 4.66 Å². The third-order valence-electron chi connectivity index (χ3n) is 0.798. The summed E-state index contributed by atoms with van der Waals surface area (Å²) in [6.45, 7) is 1.40. The zero-order chi connectivity index (χ0) is 8.20. The molecule has 0 heterocycles. The SMILES string of the molecule is C[C@@H](CO)NS(=O)(=O)CBr. The Labute approximate surface area is 68.8 Å². The number of sulfonamides is 1. The van der Waals surface area contributed by atoms with Crippen LogP contribution in [0.15, 0.2) is 0 Å². The molecule has 0 aromatic heterocycles. The predicted molar refractivity (Wildman–Crippen MR) is 42.4 cm³/mol. The lowest BCUT2D eigenvalue weighted by Crippen LogP contribution is -2.35. The molecular weight excluding hydrogens is 222 g/mol. The molecule has 0 radical (unpaired) electrons. The predicted octanol–water partition coefficient (Wildman–Crippen LogP) is -0.361. The van der Waals surface area contributed by atoms with Crippen molar-refractivity contribution in [2.45, 2.75) is 13.0 Å². The number of hydrogen-bond donors (Lipinski definition) is 2. The summed E-state index contributed by atoms with van der Waals surface area (Å²) in [7, 11) is -3.22. The van der Waals surface area contributed by atoms with Crippen LogP contribution in [-0.4, -0.2) is 30.8 Å². The third kappa shape index (κ3) is 4.21. The summed E-state index contributed by atoms with van der Waals surface area (Å²) < 4.78 is 23.5. The Hall–Kier alpha value is 0.350. The average molecular weight is 232 g/mol. The highest BCUT2D eigenvalue weighted by molar-refractivity contribution is 9.10. The molecule has 0 saturated carbocycles. The molecule has 0 aromatic carbocycles. The summed E-state index contributed by atoms with van der Waals surface area (Å²) in [6, 6.07) is -0.414. The van der Waals surface area contributed by atoms with E-state index in [0.717, 1.165) is 0 Å². The van der Waals surface area contributed by atoms with Crippen LogP contribution in [0.25, 0.3) is 0 Å². The smallest absolute Gasteiger partial charge is 0.221 e. The standard InChI is InChI=1S/C4H10BrNO3S/c1-4(2-7)6-10(8,9)3-5/h4,6-7H,2-3H2,1H3/t4-/m0/s1. The Bertz CT molecular complexity index is 179. The molecule has 0 rings (SSSR count). The first-order chi connectivity index (χ1) is 4.52. The van der Waals surface area contributed by atoms with E-state index in [9.17, 15) is 8.42 Å². The molecule has 0 bridgehead atoms. The van der Waals surface area contributed by atoms with Gasteiger partial charge in [-0.05, 0) is 6.92 Å². The lowest BCUT2D eigenvalue weighted by atomic mass is 10.4. The first-order valence-electron chi connectivity index (χ1n) is 2.68. The summed E-state index contributed by atoms with van der Waals surface area (Å²) >= 11 is 2.80. The van der Waals surface area contributed by atoms with E-state index in [1.54, 1.807) is 6.92 Å². The van der Waals surface area contributed by atoms with Crippen LogP contribution in [-0.2, 0) is 10.0 Å². The largest absolute Gasteiger partial charge is 0.395 e. The van der Waals surface area contributed by atoms with Crippen molar-refractivity contribution < 1.29 is 13.5 Å². The van der Waals surface area contributed by atoms with Crippen molar-refractivity contribution in [3.05, 3.63) is 0 Å². The molecule has 0 aliphatic heterocycles. The molecule has 10 heavy (non-hydrogen) atoms. The van der Waals surface area contributed by atoms with Gasteiger partial charge in [0.2, 0.25) is 10.0 Å². The van der Waals surface area contributed by atoms with Gasteiger partial charge >= 0.3 is 0 Å². The van der Waals surface area contributed by atoms with E-state index < -0.39 is 16.1 Å². The van der Waals surface area contributed by atoms with Gasteiger partial charge < -0.3 is 5.11 Å². The van der Waals surface area contributed by atoms with Gasteiger partial charge in [-0.15, -0.1) is 0 Å². The van der Waals surface area contributed by atoms with E-state index in [4.69, 9.17) is 5.11 Å². The Kier molecular flexibility index (Phi) is 4.42. The zero-order valence-electron chi connectivity index (χ0n) is 5.54. The average Bonchev–Trinajstić information content (AvgIpc) is 1.87. The lowest BCUT2D eigenvalue weighted by molar-refractivity contribution is 0.265. The second-order valence-electron chi connectivity index (χ2n) is 1.93. The fourth-order valence-electron chi connectivity index (χ4n) is 0.375. The van der Waals surface area contributed by atoms with E-state index >= 15 is 0 Å². The highest BCUT2D eigenvalue weighted by Crippen LogP contribution is 1.92. The maximum absolute atomic E-state index is 10.7. The van der Waals surface area contributed by atoms with Crippen molar-refractivity contribution in [1.29, 1.82) is 0 Å². The number of nitrogens with one attached hydrogen (secondary N) is 1. The van der Waals surface area contributed by atoms with Crippen LogP contribution in [0, 0.1) is 0 Å². The Balaban J connectivity index is 3.90. The molecular formula is C4H10BrNO3S. The summed E-state index contributed by atoms with van der Waals surface area (Å²) in [5.74, 6) is 0. The Morgan fingerprint density at radius 3 is 2.50 bits per heavy atom. The molecule has 1 atom stereocenters. The van der Waals surface area contributed by atoms with Gasteiger partial charge in [0, 0.05) is 6.04 Å². The van der Waals surface area contributed by atoms with Crippen LogP contribution in [0.3, 0.4) is 0 Å². The van der Waals surface area contributed by atoms with Crippen LogP contribution in [0.1, 0.15) is 6.92 Å². The van der Waals surface area contributed by atoms with Gasteiger partial charge in [-0.1, -0.05) is 15.9 Å². The molecule has 0 aliphatic rings. The van der Waals surface area contributed by atoms with Crippen molar-refractivity contribution >= 4 is 26.0 Å². The number of aliphatic hydroxyl groups excluding tert-OH is 1. The number of rotatable bonds is 4. The first kappa shape index (κ1) is 10.3. The van der Waals surface area contributed by atoms with Crippen LogP contribution in [0.5, 0.6) is 0 Å². The maximum Gasteiger partial charge on any atom is 0.221 e. The van der Waals surface area contributed by atoms with Gasteiger partial charge in [0.25, 0.3) is 0 Å². The second kappa shape index (κ2) is 4.27. The van der Waals surface area contributed by atoms with Crippen molar-refractivity contribution in [3.63, 3.8) is 0 Å². The fourth-order valence-corrected chi connectivity index (χ4v) is 1.52. The summed E-state index contributed by atoms with van der Waals surface area (Å²) in [4.78, 5) is 0. The topological polar surface area (TPSA) is 66.4 Å². The molecule has 0 saturated heterocycles. The summed E-state index contributed by atoms with van der Waals surface area (Å²) in [5.41, 5.74) is 0. The molecule has 2 N–H and O–H groups in total. The first-order valence-corrected chi connectivity index (χ1v) is 5.46. The van der Waals surface area contributed by atoms with Gasteiger partial charge in [0.05, 0.1) is 6.61 Å². The van der Waals surface area contributed by atoms with Crippen molar-refractivity contribution in [2.24, 2.45) is 0 Å². The normalized spacial score (nSPS) is 15.1. The maximum atomic E-state index is 10.7. The second-order valence-corrected chi connectivity index (χ2v) is 4.98. The van der Waals surface area contributed by atoms with Crippen LogP contribution in [0.4, 0.5) is 0 Å². The van der Waals surface area contributed by atoms with Crippen LogP contribution >= 0.6 is 15.9 Å². The molecule has 4 nitrogen and oxygen atoms in total. The van der Waals surface area contributed by atoms with E-state index in [1.807, 2.05) is 0 Å². The number of alkyl halides is 1. The van der Waals surface area contributed by atoms with Gasteiger partial charge in [-0.2, -0.15) is 0 Å². The molecule has 62 valence electrons. The highest BCUT2D eigenvalue weighted by Gasteiger charge is 2.10. The third-order valence-corrected chi connectivity index (χ3v) is 3.66. The molecule has 0 fully saturated rings. The monoisotopic (exact) mass is 231 g/mol. The van der Waals surface area contributed by atoms with E-state index in [0.29, 0.717) is 0 Å². The minimum absolute atomic E-state index is 0.135. The quantitative estimate of drug-likeness (QED) is 0.650. The molecule has 0 unspecified atom stereocenters. The van der Waals surface area contributed by atoms with Crippen molar-refractivity contribution in [3.8, 4) is 0 Å². The Morgan fingerprint density at radius 2 is 2.20 bits per heavy atom. The number of halogens is 1. The number of aliphatic hydroxyl groups is 1. The molecule has 0 aliphatic carbocycles. The minimum atomic E-state index is -3.22. The molecule has 0 amide bonds. The van der Waals surface area contributed by atoms with Crippen molar-refractivity contribution in [1.82, 2.24) is 4.72 Å². The van der Waals surface area contributed by atoms with Crippen LogP contribution < -0.4 is 4.72 Å². The summed E-state index contributed by atoms with van der Waals surface area (Å²) in [6.07, 6.45) is 0. The molecule has 0 aromatic rings. The molecule has 6 heteroatoms. The van der Waals surface area contributed by atoms with Crippen molar-refractivity contribution in [2.75, 3.05) is 11.3 Å². The van der Waals surface area contributed by atoms with Gasteiger partial charge in [-0.3, -0.25) is 0 Å². The van der Waals surface area contributed by atoms with Gasteiger partial charge in [0.15, 0.2) is 0 Å². The molecule has 0 spiro atoms. The summed E-state index contributed by atoms with van der Waals surface area (Å²) in [5, 5.41) is 8.45. The highest BCUT2D eigenvalue weighted by atomic mass is 79.9. The lowest BCUT2D eigenvalue weighted by Gasteiger charge is -2.08. The van der Waals surface area contributed by atoms with Gasteiger partial charge in [-0.25, -0.2) is 13.1 Å². The number of hydrogen-bond acceptors (Lipinski definition) is 3. The van der Waals surface area contributed by atoms with Crippen LogP contribution in [0.2, 0.25) is 0 Å². The minimum Gasteiger partial charge on any atom is -0.395 e.